The summed E-state index contributed by atoms with van der Waals surface area (Å²) in [6.45, 7) is 8.47. The fourth-order valence-corrected chi connectivity index (χ4v) is 7.34. The normalized spacial score (nSPS) is 17.0. The minimum Gasteiger partial charge on any atom is -0.289 e. The molecule has 1 heterocycles. The van der Waals surface area contributed by atoms with Crippen LogP contribution in [0.5, 0.6) is 0 Å². The lowest BCUT2D eigenvalue weighted by Gasteiger charge is -2.27. The molecule has 0 radical (unpaired) electrons. The van der Waals surface area contributed by atoms with Gasteiger partial charge < -0.3 is 0 Å². The van der Waals surface area contributed by atoms with Crippen molar-refractivity contribution in [3.05, 3.63) is 71.8 Å². The maximum absolute atomic E-state index is 13.0. The van der Waals surface area contributed by atoms with E-state index in [1.165, 1.54) is 24.4 Å². The zero-order chi connectivity index (χ0) is 19.1. The molecule has 2 aliphatic rings. The monoisotopic (exact) mass is 392 g/mol. The SMILES string of the molecule is CC(C)C1=CC(=S2c3ccccc3Sc3ccccc32)C=C(C(C)C)C1=O. The summed E-state index contributed by atoms with van der Waals surface area (Å²) in [7, 11) is -0.180. The number of ketones is 1. The molecule has 0 atom stereocenters. The molecule has 0 aromatic heterocycles. The van der Waals surface area contributed by atoms with Crippen LogP contribution in [0.4, 0.5) is 0 Å². The maximum Gasteiger partial charge on any atom is 0.185 e. The minimum atomic E-state index is -0.180. The van der Waals surface area contributed by atoms with Crippen LogP contribution in [0.25, 0.3) is 0 Å². The third kappa shape index (κ3) is 3.28. The molecule has 0 amide bonds. The van der Waals surface area contributed by atoms with Gasteiger partial charge in [-0.1, -0.05) is 63.7 Å². The molecule has 0 saturated carbocycles. The number of carbonyl (C=O) groups excluding carboxylic acids is 1. The Balaban J connectivity index is 2.05. The molecule has 0 saturated heterocycles. The van der Waals surface area contributed by atoms with E-state index >= 15 is 0 Å². The van der Waals surface area contributed by atoms with Crippen molar-refractivity contribution >= 4 is 32.9 Å². The number of Topliss-reactive ketones (excluding diaryl/α,β-unsaturated/α-hetero) is 1. The number of fused-ring (bicyclic) bond motifs is 2. The Bertz CT molecular complexity index is 945. The van der Waals surface area contributed by atoms with Gasteiger partial charge in [-0.3, -0.25) is 4.79 Å². The van der Waals surface area contributed by atoms with Gasteiger partial charge in [0.2, 0.25) is 0 Å². The van der Waals surface area contributed by atoms with Crippen LogP contribution < -0.4 is 0 Å². The molecule has 0 N–H and O–H groups in total. The summed E-state index contributed by atoms with van der Waals surface area (Å²) >= 11 is 1.85. The molecule has 0 fully saturated rings. The van der Waals surface area contributed by atoms with Gasteiger partial charge in [-0.25, -0.2) is 0 Å². The van der Waals surface area contributed by atoms with E-state index < -0.39 is 0 Å². The topological polar surface area (TPSA) is 17.1 Å². The molecule has 1 aliphatic heterocycles. The van der Waals surface area contributed by atoms with Crippen molar-refractivity contribution in [3.63, 3.8) is 0 Å². The van der Waals surface area contributed by atoms with E-state index in [1.54, 1.807) is 0 Å². The first kappa shape index (κ1) is 18.5. The molecule has 1 aliphatic carbocycles. The van der Waals surface area contributed by atoms with Crippen LogP contribution in [-0.4, -0.2) is 10.6 Å². The lowest BCUT2D eigenvalue weighted by atomic mass is 9.84. The lowest BCUT2D eigenvalue weighted by molar-refractivity contribution is -0.113. The number of benzene rings is 2. The lowest BCUT2D eigenvalue weighted by Crippen LogP contribution is -2.21. The summed E-state index contributed by atoms with van der Waals surface area (Å²) in [6, 6.07) is 17.4. The van der Waals surface area contributed by atoms with Crippen LogP contribution in [0, 0.1) is 11.8 Å². The third-order valence-corrected chi connectivity index (χ3v) is 8.67. The standard InChI is InChI=1S/C24H24OS2/c1-15(2)18-13-17(14-19(16(3)4)24(18)25)27-22-11-7-5-9-20(22)26-21-10-6-8-12-23(21)27/h5-16H,1-4H3. The number of carbonyl (C=O) groups is 1. The van der Waals surface area contributed by atoms with Crippen molar-refractivity contribution in [2.24, 2.45) is 11.8 Å². The number of hydrogen-bond acceptors (Lipinski definition) is 2. The van der Waals surface area contributed by atoms with E-state index in [4.69, 9.17) is 0 Å². The molecule has 2 aromatic carbocycles. The van der Waals surface area contributed by atoms with Gasteiger partial charge in [-0.15, -0.1) is 10.5 Å². The Kier molecular flexibility index (Phi) is 5.00. The van der Waals surface area contributed by atoms with Crippen LogP contribution in [0.15, 0.2) is 91.4 Å². The second kappa shape index (κ2) is 7.29. The van der Waals surface area contributed by atoms with Crippen LogP contribution in [0.2, 0.25) is 0 Å². The van der Waals surface area contributed by atoms with E-state index in [0.717, 1.165) is 11.1 Å². The second-order valence-electron chi connectivity index (χ2n) is 7.54. The summed E-state index contributed by atoms with van der Waals surface area (Å²) in [6.07, 6.45) is 4.34. The zero-order valence-electron chi connectivity index (χ0n) is 16.2. The predicted molar refractivity (Wildman–Crippen MR) is 117 cm³/mol. The summed E-state index contributed by atoms with van der Waals surface area (Å²) in [5.74, 6) is 0.673. The highest BCUT2D eigenvalue weighted by atomic mass is 32.2. The Morgan fingerprint density at radius 1 is 0.741 bits per heavy atom. The van der Waals surface area contributed by atoms with E-state index in [0.29, 0.717) is 0 Å². The molecule has 0 spiro atoms. The van der Waals surface area contributed by atoms with Gasteiger partial charge in [0, 0.05) is 35.6 Å². The van der Waals surface area contributed by atoms with Crippen LogP contribution >= 0.6 is 22.2 Å². The molecule has 0 unspecified atom stereocenters. The van der Waals surface area contributed by atoms with Crippen molar-refractivity contribution in [1.29, 1.82) is 0 Å². The Morgan fingerprint density at radius 3 is 1.63 bits per heavy atom. The van der Waals surface area contributed by atoms with Gasteiger partial charge in [0.25, 0.3) is 0 Å². The highest BCUT2D eigenvalue weighted by Gasteiger charge is 2.28. The van der Waals surface area contributed by atoms with Gasteiger partial charge in [0.1, 0.15) is 0 Å². The highest BCUT2D eigenvalue weighted by molar-refractivity contribution is 8.18. The average molecular weight is 393 g/mol. The Hall–Kier alpha value is -1.84. The van der Waals surface area contributed by atoms with Gasteiger partial charge in [-0.05, 0) is 48.3 Å². The smallest absolute Gasteiger partial charge is 0.185 e. The predicted octanol–water partition coefficient (Wildman–Crippen LogP) is 6.76. The summed E-state index contributed by atoms with van der Waals surface area (Å²) < 4.78 is 0. The van der Waals surface area contributed by atoms with E-state index in [-0.39, 0.29) is 28.1 Å². The second-order valence-corrected chi connectivity index (χ2v) is 10.6. The molecular formula is C24H24OS2. The summed E-state index contributed by atoms with van der Waals surface area (Å²) in [4.78, 5) is 19.6. The first-order valence-electron chi connectivity index (χ1n) is 9.42. The molecule has 1 nitrogen and oxygen atoms in total. The molecule has 27 heavy (non-hydrogen) atoms. The van der Waals surface area contributed by atoms with Crippen molar-refractivity contribution < 1.29 is 4.79 Å². The fourth-order valence-electron chi connectivity index (χ4n) is 3.52. The number of allylic oxidation sites excluding steroid dienone is 4. The highest BCUT2D eigenvalue weighted by Crippen LogP contribution is 2.53. The van der Waals surface area contributed by atoms with Crippen LogP contribution in [0.3, 0.4) is 0 Å². The van der Waals surface area contributed by atoms with Crippen LogP contribution in [0.1, 0.15) is 27.7 Å². The van der Waals surface area contributed by atoms with Gasteiger partial charge in [-0.2, -0.15) is 0 Å². The first-order chi connectivity index (χ1) is 13.0. The molecule has 3 heteroatoms. The summed E-state index contributed by atoms with van der Waals surface area (Å²) in [5.41, 5.74) is 1.88. The first-order valence-corrected chi connectivity index (χ1v) is 11.5. The molecular weight excluding hydrogens is 368 g/mol. The Morgan fingerprint density at radius 2 is 1.19 bits per heavy atom. The van der Waals surface area contributed by atoms with Crippen molar-refractivity contribution in [2.45, 2.75) is 47.3 Å². The molecule has 0 bridgehead atoms. The molecule has 2 aromatic rings. The van der Waals surface area contributed by atoms with Gasteiger partial charge in [0.15, 0.2) is 5.78 Å². The average Bonchev–Trinajstić information content (AvgIpc) is 2.66. The quantitative estimate of drug-likeness (QED) is 0.448. The number of rotatable bonds is 2. The molecule has 4 rings (SSSR count). The maximum atomic E-state index is 13.0. The van der Waals surface area contributed by atoms with Crippen molar-refractivity contribution in [1.82, 2.24) is 0 Å². The number of hydrogen-bond donors (Lipinski definition) is 0. The molecule has 138 valence electrons. The van der Waals surface area contributed by atoms with Crippen molar-refractivity contribution in [3.8, 4) is 0 Å². The van der Waals surface area contributed by atoms with Gasteiger partial charge >= 0.3 is 0 Å². The summed E-state index contributed by atoms with van der Waals surface area (Å²) in [5, 5.41) is 0. The zero-order valence-corrected chi connectivity index (χ0v) is 17.8. The van der Waals surface area contributed by atoms with Crippen molar-refractivity contribution in [2.75, 3.05) is 0 Å². The van der Waals surface area contributed by atoms with E-state index in [2.05, 4.69) is 88.4 Å². The Labute approximate surface area is 168 Å². The largest absolute Gasteiger partial charge is 0.289 e. The van der Waals surface area contributed by atoms with Crippen LogP contribution in [-0.2, 0) is 4.79 Å². The fraction of sp³-hybridized carbons (Fsp3) is 0.250. The van der Waals surface area contributed by atoms with E-state index in [1.807, 2.05) is 11.8 Å². The minimum absolute atomic E-state index is 0.180. The third-order valence-electron chi connectivity index (χ3n) is 4.96. The van der Waals surface area contributed by atoms with Gasteiger partial charge in [0.05, 0.1) is 0 Å². The van der Waals surface area contributed by atoms with E-state index in [9.17, 15) is 4.79 Å².